The highest BCUT2D eigenvalue weighted by Crippen LogP contribution is 2.23. The summed E-state index contributed by atoms with van der Waals surface area (Å²) in [5.74, 6) is -0.105. The summed E-state index contributed by atoms with van der Waals surface area (Å²) in [5, 5.41) is 8.71. The van der Waals surface area contributed by atoms with E-state index >= 15 is 0 Å². The lowest BCUT2D eigenvalue weighted by molar-refractivity contribution is -0.131. The van der Waals surface area contributed by atoms with Gasteiger partial charge in [0.05, 0.1) is 7.11 Å². The standard InChI is InChI=1S/C17H25NO3/c1-5-10-18(13(2)3)12-15-11-14(7-9-17(19)20)6-8-16(15)21-4/h6-9,11,13H,5,10,12H2,1-4H3,(H,19,20). The van der Waals surface area contributed by atoms with Crippen molar-refractivity contribution in [2.75, 3.05) is 13.7 Å². The van der Waals surface area contributed by atoms with E-state index in [4.69, 9.17) is 9.84 Å². The Morgan fingerprint density at radius 1 is 1.43 bits per heavy atom. The first-order chi connectivity index (χ1) is 9.97. The summed E-state index contributed by atoms with van der Waals surface area (Å²) in [7, 11) is 1.66. The van der Waals surface area contributed by atoms with Gasteiger partial charge in [-0.1, -0.05) is 13.0 Å². The minimum Gasteiger partial charge on any atom is -0.496 e. The van der Waals surface area contributed by atoms with Crippen molar-refractivity contribution in [2.45, 2.75) is 39.8 Å². The second-order valence-corrected chi connectivity index (χ2v) is 5.31. The molecule has 0 amide bonds. The van der Waals surface area contributed by atoms with Gasteiger partial charge in [-0.15, -0.1) is 0 Å². The Kier molecular flexibility index (Phi) is 6.96. The fraction of sp³-hybridized carbons (Fsp3) is 0.471. The van der Waals surface area contributed by atoms with E-state index in [1.807, 2.05) is 18.2 Å². The normalized spacial score (nSPS) is 11.5. The lowest BCUT2D eigenvalue weighted by Crippen LogP contribution is -2.31. The Labute approximate surface area is 127 Å². The number of methoxy groups -OCH3 is 1. The summed E-state index contributed by atoms with van der Waals surface area (Å²) in [6.45, 7) is 8.34. The SMILES string of the molecule is CCCN(Cc1cc(C=CC(=O)O)ccc1OC)C(C)C. The number of carboxylic acids is 1. The third-order valence-corrected chi connectivity index (χ3v) is 3.34. The van der Waals surface area contributed by atoms with Crippen LogP contribution in [0.3, 0.4) is 0 Å². The summed E-state index contributed by atoms with van der Waals surface area (Å²) in [6.07, 6.45) is 3.85. The molecule has 0 heterocycles. The van der Waals surface area contributed by atoms with Crippen molar-refractivity contribution in [1.29, 1.82) is 0 Å². The van der Waals surface area contributed by atoms with Crippen molar-refractivity contribution in [3.8, 4) is 5.75 Å². The van der Waals surface area contributed by atoms with Gasteiger partial charge in [-0.05, 0) is 50.6 Å². The molecule has 0 atom stereocenters. The largest absolute Gasteiger partial charge is 0.496 e. The molecule has 0 aliphatic rings. The van der Waals surface area contributed by atoms with Crippen LogP contribution in [0, 0.1) is 0 Å². The quantitative estimate of drug-likeness (QED) is 0.746. The van der Waals surface area contributed by atoms with E-state index in [2.05, 4.69) is 25.7 Å². The molecule has 0 aliphatic carbocycles. The molecule has 0 spiro atoms. The molecule has 0 fully saturated rings. The molecule has 116 valence electrons. The Hall–Kier alpha value is -1.81. The van der Waals surface area contributed by atoms with Gasteiger partial charge < -0.3 is 9.84 Å². The number of ether oxygens (including phenoxy) is 1. The molecule has 0 saturated carbocycles. The Bertz CT molecular complexity index is 495. The van der Waals surface area contributed by atoms with E-state index < -0.39 is 5.97 Å². The molecule has 0 radical (unpaired) electrons. The molecule has 0 aromatic heterocycles. The third kappa shape index (κ3) is 5.60. The molecule has 1 aromatic rings. The fourth-order valence-corrected chi connectivity index (χ4v) is 2.22. The van der Waals surface area contributed by atoms with Crippen molar-refractivity contribution >= 4 is 12.0 Å². The van der Waals surface area contributed by atoms with Crippen LogP contribution in [-0.4, -0.2) is 35.7 Å². The lowest BCUT2D eigenvalue weighted by atomic mass is 10.1. The van der Waals surface area contributed by atoms with Crippen molar-refractivity contribution in [3.05, 3.63) is 35.4 Å². The maximum Gasteiger partial charge on any atom is 0.328 e. The van der Waals surface area contributed by atoms with E-state index in [0.717, 1.165) is 42.5 Å². The van der Waals surface area contributed by atoms with Crippen molar-refractivity contribution in [2.24, 2.45) is 0 Å². The molecular weight excluding hydrogens is 266 g/mol. The Balaban J connectivity index is 3.01. The number of benzene rings is 1. The van der Waals surface area contributed by atoms with E-state index in [9.17, 15) is 4.79 Å². The second-order valence-electron chi connectivity index (χ2n) is 5.31. The number of hydrogen-bond acceptors (Lipinski definition) is 3. The highest BCUT2D eigenvalue weighted by atomic mass is 16.5. The predicted molar refractivity (Wildman–Crippen MR) is 85.5 cm³/mol. The molecule has 0 aliphatic heterocycles. The summed E-state index contributed by atoms with van der Waals surface area (Å²) in [6, 6.07) is 6.19. The topological polar surface area (TPSA) is 49.8 Å². The molecule has 1 N–H and O–H groups in total. The average Bonchev–Trinajstić information content (AvgIpc) is 2.44. The van der Waals surface area contributed by atoms with Crippen LogP contribution in [0.2, 0.25) is 0 Å². The summed E-state index contributed by atoms with van der Waals surface area (Å²) >= 11 is 0. The highest BCUT2D eigenvalue weighted by Gasteiger charge is 2.12. The number of carboxylic acid groups (broad SMARTS) is 1. The number of nitrogens with zero attached hydrogens (tertiary/aromatic N) is 1. The average molecular weight is 291 g/mol. The van der Waals surface area contributed by atoms with Gasteiger partial charge in [0.1, 0.15) is 5.75 Å². The van der Waals surface area contributed by atoms with Gasteiger partial charge >= 0.3 is 5.97 Å². The molecule has 0 saturated heterocycles. The molecule has 1 rings (SSSR count). The van der Waals surface area contributed by atoms with Gasteiger partial charge in [-0.3, -0.25) is 4.90 Å². The van der Waals surface area contributed by atoms with Crippen LogP contribution in [0.4, 0.5) is 0 Å². The molecule has 0 bridgehead atoms. The first kappa shape index (κ1) is 17.2. The first-order valence-electron chi connectivity index (χ1n) is 7.29. The molecule has 4 nitrogen and oxygen atoms in total. The van der Waals surface area contributed by atoms with Gasteiger partial charge in [0.25, 0.3) is 0 Å². The summed E-state index contributed by atoms with van der Waals surface area (Å²) in [5.41, 5.74) is 1.94. The van der Waals surface area contributed by atoms with Gasteiger partial charge in [0, 0.05) is 24.2 Å². The zero-order valence-electron chi connectivity index (χ0n) is 13.3. The van der Waals surface area contributed by atoms with E-state index in [0.29, 0.717) is 6.04 Å². The fourth-order valence-electron chi connectivity index (χ4n) is 2.22. The van der Waals surface area contributed by atoms with Crippen LogP contribution in [0.15, 0.2) is 24.3 Å². The van der Waals surface area contributed by atoms with Crippen LogP contribution < -0.4 is 4.74 Å². The second kappa shape index (κ2) is 8.47. The zero-order chi connectivity index (χ0) is 15.8. The minimum atomic E-state index is -0.942. The molecular formula is C17H25NO3. The van der Waals surface area contributed by atoms with Crippen LogP contribution in [-0.2, 0) is 11.3 Å². The maximum absolute atomic E-state index is 10.6. The first-order valence-corrected chi connectivity index (χ1v) is 7.29. The van der Waals surface area contributed by atoms with E-state index in [1.54, 1.807) is 13.2 Å². The third-order valence-electron chi connectivity index (χ3n) is 3.34. The number of aliphatic carboxylic acids is 1. The number of hydrogen-bond donors (Lipinski definition) is 1. The van der Waals surface area contributed by atoms with Crippen molar-refractivity contribution in [3.63, 3.8) is 0 Å². The maximum atomic E-state index is 10.6. The zero-order valence-corrected chi connectivity index (χ0v) is 13.3. The summed E-state index contributed by atoms with van der Waals surface area (Å²) in [4.78, 5) is 13.0. The van der Waals surface area contributed by atoms with Gasteiger partial charge in [-0.2, -0.15) is 0 Å². The van der Waals surface area contributed by atoms with Crippen LogP contribution in [0.1, 0.15) is 38.3 Å². The predicted octanol–water partition coefficient (Wildman–Crippen LogP) is 3.41. The number of carbonyl (C=O) groups is 1. The van der Waals surface area contributed by atoms with Crippen LogP contribution in [0.25, 0.3) is 6.08 Å². The molecule has 21 heavy (non-hydrogen) atoms. The van der Waals surface area contributed by atoms with Gasteiger partial charge in [0.2, 0.25) is 0 Å². The lowest BCUT2D eigenvalue weighted by Gasteiger charge is -2.26. The van der Waals surface area contributed by atoms with Gasteiger partial charge in [0.15, 0.2) is 0 Å². The van der Waals surface area contributed by atoms with Crippen LogP contribution >= 0.6 is 0 Å². The van der Waals surface area contributed by atoms with Crippen molar-refractivity contribution < 1.29 is 14.6 Å². The van der Waals surface area contributed by atoms with Crippen LogP contribution in [0.5, 0.6) is 5.75 Å². The van der Waals surface area contributed by atoms with Crippen molar-refractivity contribution in [1.82, 2.24) is 4.90 Å². The number of rotatable bonds is 8. The molecule has 4 heteroatoms. The van der Waals surface area contributed by atoms with Gasteiger partial charge in [-0.25, -0.2) is 4.79 Å². The van der Waals surface area contributed by atoms with E-state index in [-0.39, 0.29) is 0 Å². The molecule has 0 unspecified atom stereocenters. The summed E-state index contributed by atoms with van der Waals surface area (Å²) < 4.78 is 5.42. The Morgan fingerprint density at radius 2 is 2.14 bits per heavy atom. The minimum absolute atomic E-state index is 0.452. The smallest absolute Gasteiger partial charge is 0.328 e. The highest BCUT2D eigenvalue weighted by molar-refractivity contribution is 5.85. The van der Waals surface area contributed by atoms with E-state index in [1.165, 1.54) is 0 Å². The monoisotopic (exact) mass is 291 g/mol. The molecule has 1 aromatic carbocycles. The Morgan fingerprint density at radius 3 is 2.67 bits per heavy atom.